The van der Waals surface area contributed by atoms with E-state index in [1.807, 2.05) is 0 Å². The van der Waals surface area contributed by atoms with Crippen molar-refractivity contribution in [1.82, 2.24) is 5.32 Å². The zero-order chi connectivity index (χ0) is 22.8. The third-order valence-corrected chi connectivity index (χ3v) is 4.67. The van der Waals surface area contributed by atoms with E-state index in [9.17, 15) is 33.6 Å². The van der Waals surface area contributed by atoms with Crippen LogP contribution >= 0.6 is 15.6 Å². The van der Waals surface area contributed by atoms with E-state index in [4.69, 9.17) is 15.9 Å². The summed E-state index contributed by atoms with van der Waals surface area (Å²) in [5.41, 5.74) is 5.29. The number of aliphatic hydroxyl groups is 3. The highest BCUT2D eigenvalue weighted by Crippen LogP contribution is 2.45. The average Bonchev–Trinajstić information content (AvgIpc) is 2.62. The minimum absolute atomic E-state index is 0.710. The smallest absolute Gasteiger partial charge is 0.394 e. The number of aliphatic hydroxyl groups excluding tert-OH is 3. The maximum Gasteiger partial charge on any atom is 0.529 e. The molecule has 0 aromatic rings. The van der Waals surface area contributed by atoms with E-state index >= 15 is 0 Å². The summed E-state index contributed by atoms with van der Waals surface area (Å²) in [6.07, 6.45) is -3.14. The van der Waals surface area contributed by atoms with E-state index in [0.29, 0.717) is 0 Å². The number of carbonyl (C=O) groups is 2. The zero-order valence-electron chi connectivity index (χ0n) is 15.6. The molecule has 29 heavy (non-hydrogen) atoms. The van der Waals surface area contributed by atoms with Crippen LogP contribution < -0.4 is 11.1 Å². The molecule has 0 radical (unpaired) electrons. The molecule has 8 N–H and O–H groups in total. The molecule has 0 saturated heterocycles. The highest BCUT2D eigenvalue weighted by Gasteiger charge is 2.31. The number of carbonyl (C=O) groups excluding carboxylic acids is 2. The molecule has 0 aromatic heterocycles. The quantitative estimate of drug-likeness (QED) is 0.129. The van der Waals surface area contributed by atoms with Gasteiger partial charge in [0.05, 0.1) is 32.5 Å². The molecule has 0 saturated carbocycles. The van der Waals surface area contributed by atoms with Crippen LogP contribution in [0.25, 0.3) is 0 Å². The molecule has 172 valence electrons. The van der Waals surface area contributed by atoms with Gasteiger partial charge < -0.3 is 35.8 Å². The third-order valence-electron chi connectivity index (χ3n) is 2.83. The second-order valence-electron chi connectivity index (χ2n) is 5.74. The molecule has 0 fully saturated rings. The van der Waals surface area contributed by atoms with Crippen molar-refractivity contribution in [2.45, 2.75) is 38.1 Å². The zero-order valence-corrected chi connectivity index (χ0v) is 17.4. The van der Waals surface area contributed by atoms with Crippen molar-refractivity contribution in [2.24, 2.45) is 5.73 Å². The Morgan fingerprint density at radius 1 is 0.966 bits per heavy atom. The SMILES string of the molecule is C[C@@H](N)C(=O)N[C@H](C)C(=O)OP(=O)(O)OCC(O)COP(=O)(O)OCC(O)CO. The first-order valence-electron chi connectivity index (χ1n) is 8.04. The molecule has 0 aliphatic carbocycles. The maximum absolute atomic E-state index is 11.7. The fraction of sp³-hybridized carbons (Fsp3) is 0.833. The molecule has 6 atom stereocenters. The highest BCUT2D eigenvalue weighted by atomic mass is 31.2. The minimum atomic E-state index is -4.99. The summed E-state index contributed by atoms with van der Waals surface area (Å²) in [6.45, 7) is -0.774. The van der Waals surface area contributed by atoms with E-state index in [1.165, 1.54) is 6.92 Å². The molecule has 0 aliphatic heterocycles. The summed E-state index contributed by atoms with van der Waals surface area (Å²) in [5, 5.41) is 29.2. The number of nitrogens with two attached hydrogens (primary N) is 1. The first-order chi connectivity index (χ1) is 13.2. The Hall–Kier alpha value is -0.960. The van der Waals surface area contributed by atoms with Crippen LogP contribution in [0.2, 0.25) is 0 Å². The predicted molar refractivity (Wildman–Crippen MR) is 94.0 cm³/mol. The number of amides is 1. The number of rotatable bonds is 14. The summed E-state index contributed by atoms with van der Waals surface area (Å²) in [6, 6.07) is -2.26. The van der Waals surface area contributed by atoms with Gasteiger partial charge in [-0.2, -0.15) is 0 Å². The van der Waals surface area contributed by atoms with Gasteiger partial charge in [-0.3, -0.25) is 23.3 Å². The summed E-state index contributed by atoms with van der Waals surface area (Å²) in [7, 11) is -9.68. The summed E-state index contributed by atoms with van der Waals surface area (Å²) in [5.74, 6) is -2.02. The lowest BCUT2D eigenvalue weighted by Gasteiger charge is -2.19. The van der Waals surface area contributed by atoms with Gasteiger partial charge in [0.2, 0.25) is 5.91 Å². The molecule has 0 rings (SSSR count). The van der Waals surface area contributed by atoms with Crippen LogP contribution in [0.5, 0.6) is 0 Å². The third kappa shape index (κ3) is 13.1. The Morgan fingerprint density at radius 2 is 1.41 bits per heavy atom. The van der Waals surface area contributed by atoms with E-state index in [-0.39, 0.29) is 0 Å². The largest absolute Gasteiger partial charge is 0.529 e. The fourth-order valence-corrected chi connectivity index (χ4v) is 2.90. The van der Waals surface area contributed by atoms with Crippen molar-refractivity contribution in [3.8, 4) is 0 Å². The Kier molecular flexibility index (Phi) is 12.3. The standard InChI is InChI=1S/C12H26N2O13P2/c1-7(13)11(18)14-8(2)12(19)27-29(22,23)26-6-10(17)5-25-28(20,21)24-4-9(16)3-15/h7-10,15-17H,3-6,13H2,1-2H3,(H,14,18)(H,20,21)(H,22,23)/t7-,8-,9?,10?/m1/s1. The van der Waals surface area contributed by atoms with Crippen LogP contribution in [-0.2, 0) is 36.8 Å². The second kappa shape index (κ2) is 12.7. The minimum Gasteiger partial charge on any atom is -0.394 e. The van der Waals surface area contributed by atoms with E-state index < -0.39 is 78.2 Å². The molecule has 0 aromatic carbocycles. The predicted octanol–water partition coefficient (Wildman–Crippen LogP) is -2.65. The molecule has 0 heterocycles. The second-order valence-corrected chi connectivity index (χ2v) is 8.58. The van der Waals surface area contributed by atoms with Crippen molar-refractivity contribution < 1.29 is 61.9 Å². The highest BCUT2D eigenvalue weighted by molar-refractivity contribution is 7.48. The molecule has 0 aliphatic rings. The van der Waals surface area contributed by atoms with E-state index in [0.717, 1.165) is 6.92 Å². The number of nitrogens with one attached hydrogen (secondary N) is 1. The van der Waals surface area contributed by atoms with Crippen molar-refractivity contribution in [2.75, 3.05) is 26.4 Å². The molecule has 15 nitrogen and oxygen atoms in total. The molecule has 0 spiro atoms. The van der Waals surface area contributed by atoms with E-state index in [1.54, 1.807) is 0 Å². The average molecular weight is 468 g/mol. The Morgan fingerprint density at radius 3 is 1.86 bits per heavy atom. The Bertz CT molecular complexity index is 631. The number of hydrogen-bond donors (Lipinski definition) is 7. The molecule has 0 bridgehead atoms. The van der Waals surface area contributed by atoms with Crippen LogP contribution in [-0.4, -0.2) is 87.7 Å². The van der Waals surface area contributed by atoms with Crippen molar-refractivity contribution in [3.63, 3.8) is 0 Å². The van der Waals surface area contributed by atoms with Gasteiger partial charge in [-0.15, -0.1) is 0 Å². The first kappa shape index (κ1) is 28.0. The Balaban J connectivity index is 4.40. The first-order valence-corrected chi connectivity index (χ1v) is 11.0. The maximum atomic E-state index is 11.7. The van der Waals surface area contributed by atoms with Crippen LogP contribution in [0, 0.1) is 0 Å². The van der Waals surface area contributed by atoms with Crippen molar-refractivity contribution in [1.29, 1.82) is 0 Å². The van der Waals surface area contributed by atoms with Gasteiger partial charge in [0, 0.05) is 0 Å². The fourth-order valence-electron chi connectivity index (χ4n) is 1.30. The lowest BCUT2D eigenvalue weighted by molar-refractivity contribution is -0.140. The van der Waals surface area contributed by atoms with Gasteiger partial charge in [-0.25, -0.2) is 13.9 Å². The van der Waals surface area contributed by atoms with Gasteiger partial charge in [0.1, 0.15) is 18.2 Å². The Labute approximate surface area is 165 Å². The molecule has 1 amide bonds. The van der Waals surface area contributed by atoms with Crippen molar-refractivity contribution in [3.05, 3.63) is 0 Å². The summed E-state index contributed by atoms with van der Waals surface area (Å²) >= 11 is 0. The van der Waals surface area contributed by atoms with Gasteiger partial charge in [0.25, 0.3) is 0 Å². The van der Waals surface area contributed by atoms with Crippen LogP contribution in [0.15, 0.2) is 0 Å². The van der Waals surface area contributed by atoms with Gasteiger partial charge in [0.15, 0.2) is 0 Å². The van der Waals surface area contributed by atoms with Crippen LogP contribution in [0.4, 0.5) is 0 Å². The molecular weight excluding hydrogens is 442 g/mol. The van der Waals surface area contributed by atoms with Crippen LogP contribution in [0.1, 0.15) is 13.8 Å². The topological polar surface area (TPSA) is 244 Å². The monoisotopic (exact) mass is 468 g/mol. The summed E-state index contributed by atoms with van der Waals surface area (Å²) < 4.78 is 40.4. The van der Waals surface area contributed by atoms with Gasteiger partial charge >= 0.3 is 21.6 Å². The summed E-state index contributed by atoms with van der Waals surface area (Å²) in [4.78, 5) is 41.8. The molecule has 17 heteroatoms. The number of phosphoric acid groups is 2. The van der Waals surface area contributed by atoms with Crippen molar-refractivity contribution >= 4 is 27.5 Å². The lowest BCUT2D eigenvalue weighted by Crippen LogP contribution is -2.46. The lowest BCUT2D eigenvalue weighted by atomic mass is 10.3. The number of hydrogen-bond acceptors (Lipinski definition) is 12. The van der Waals surface area contributed by atoms with Gasteiger partial charge in [-0.05, 0) is 13.8 Å². The van der Waals surface area contributed by atoms with E-state index in [2.05, 4.69) is 23.4 Å². The number of phosphoric ester groups is 2. The van der Waals surface area contributed by atoms with Crippen LogP contribution in [0.3, 0.4) is 0 Å². The molecule has 4 unspecified atom stereocenters. The molecular formula is C12H26N2O13P2. The van der Waals surface area contributed by atoms with Gasteiger partial charge in [-0.1, -0.05) is 0 Å². The normalized spacial score (nSPS) is 19.9.